The third-order valence-electron chi connectivity index (χ3n) is 5.33. The third-order valence-corrected chi connectivity index (χ3v) is 5.33. The van der Waals surface area contributed by atoms with E-state index >= 15 is 0 Å². The number of halogens is 3. The summed E-state index contributed by atoms with van der Waals surface area (Å²) in [7, 11) is 1.50. The summed E-state index contributed by atoms with van der Waals surface area (Å²) < 4.78 is 44.8. The summed E-state index contributed by atoms with van der Waals surface area (Å²) in [4.78, 5) is 27.4. The Labute approximate surface area is 179 Å². The molecule has 166 valence electrons. The Hall–Kier alpha value is -3.03. The second-order valence-electron chi connectivity index (χ2n) is 7.94. The van der Waals surface area contributed by atoms with Crippen molar-refractivity contribution in [3.05, 3.63) is 65.2 Å². The summed E-state index contributed by atoms with van der Waals surface area (Å²) in [5.74, 6) is -1.25. The van der Waals surface area contributed by atoms with Gasteiger partial charge in [0.2, 0.25) is 5.91 Å². The maximum absolute atomic E-state index is 13.2. The van der Waals surface area contributed by atoms with Gasteiger partial charge in [-0.1, -0.05) is 24.3 Å². The maximum Gasteiger partial charge on any atom is 0.416 e. The van der Waals surface area contributed by atoms with E-state index in [1.165, 1.54) is 18.1 Å². The second-order valence-corrected chi connectivity index (χ2v) is 7.94. The average Bonchev–Trinajstić information content (AvgIpc) is 3.18. The first-order valence-electron chi connectivity index (χ1n) is 10.0. The van der Waals surface area contributed by atoms with Crippen LogP contribution in [0.15, 0.2) is 48.5 Å². The van der Waals surface area contributed by atoms with Gasteiger partial charge >= 0.3 is 6.18 Å². The van der Waals surface area contributed by atoms with Crippen molar-refractivity contribution in [1.82, 2.24) is 10.2 Å². The number of rotatable bonds is 5. The Kier molecular flexibility index (Phi) is 6.57. The lowest BCUT2D eigenvalue weighted by atomic mass is 9.87. The minimum absolute atomic E-state index is 0.121. The molecule has 0 spiro atoms. The molecule has 1 N–H and O–H groups in total. The molecule has 2 aromatic carbocycles. The van der Waals surface area contributed by atoms with Crippen molar-refractivity contribution in [2.45, 2.75) is 32.0 Å². The summed E-state index contributed by atoms with van der Waals surface area (Å²) in [5, 5.41) is 2.83. The minimum atomic E-state index is -4.49. The number of nitrogens with zero attached hydrogens (tertiary/aromatic N) is 1. The van der Waals surface area contributed by atoms with E-state index in [-0.39, 0.29) is 30.9 Å². The second kappa shape index (κ2) is 8.99. The smallest absolute Gasteiger partial charge is 0.416 e. The molecule has 0 aliphatic carbocycles. The van der Waals surface area contributed by atoms with Crippen LogP contribution >= 0.6 is 0 Å². The first-order chi connectivity index (χ1) is 14.6. The summed E-state index contributed by atoms with van der Waals surface area (Å²) >= 11 is 0. The largest absolute Gasteiger partial charge is 0.497 e. The monoisotopic (exact) mass is 434 g/mol. The molecule has 1 aliphatic heterocycles. The molecule has 2 amide bonds. The number of hydrogen-bond acceptors (Lipinski definition) is 3. The van der Waals surface area contributed by atoms with Gasteiger partial charge in [0.15, 0.2) is 0 Å². The van der Waals surface area contributed by atoms with E-state index in [1.54, 1.807) is 30.3 Å². The number of hydrogen-bond donors (Lipinski definition) is 1. The Bertz CT molecular complexity index is 959. The molecular formula is C23H25F3N2O3. The van der Waals surface area contributed by atoms with Gasteiger partial charge in [0.25, 0.3) is 5.91 Å². The fraction of sp³-hybridized carbons (Fsp3) is 0.391. The predicted octanol–water partition coefficient (Wildman–Crippen LogP) is 4.09. The Balaban J connectivity index is 1.92. The fourth-order valence-corrected chi connectivity index (χ4v) is 3.85. The minimum Gasteiger partial charge on any atom is -0.497 e. The van der Waals surface area contributed by atoms with E-state index in [4.69, 9.17) is 4.74 Å². The van der Waals surface area contributed by atoms with Crippen molar-refractivity contribution in [2.75, 3.05) is 20.2 Å². The first kappa shape index (κ1) is 22.7. The summed E-state index contributed by atoms with van der Waals surface area (Å²) in [6.45, 7) is 3.89. The number of ether oxygens (including phenoxy) is 1. The van der Waals surface area contributed by atoms with Crippen molar-refractivity contribution in [3.8, 4) is 5.75 Å². The maximum atomic E-state index is 13.2. The Morgan fingerprint density at radius 2 is 1.81 bits per heavy atom. The molecular weight excluding hydrogens is 409 g/mol. The predicted molar refractivity (Wildman–Crippen MR) is 110 cm³/mol. The van der Waals surface area contributed by atoms with E-state index in [0.717, 1.165) is 12.1 Å². The number of nitrogens with one attached hydrogen (secondary N) is 1. The lowest BCUT2D eigenvalue weighted by molar-refractivity contribution is -0.137. The molecule has 31 heavy (non-hydrogen) atoms. The van der Waals surface area contributed by atoms with Crippen molar-refractivity contribution in [3.63, 3.8) is 0 Å². The molecule has 2 atom stereocenters. The van der Waals surface area contributed by atoms with Gasteiger partial charge in [-0.3, -0.25) is 9.59 Å². The van der Waals surface area contributed by atoms with E-state index in [1.807, 2.05) is 13.8 Å². The van der Waals surface area contributed by atoms with E-state index in [9.17, 15) is 22.8 Å². The van der Waals surface area contributed by atoms with Gasteiger partial charge in [0.1, 0.15) is 5.75 Å². The van der Waals surface area contributed by atoms with Crippen LogP contribution < -0.4 is 10.1 Å². The number of amides is 2. The highest BCUT2D eigenvalue weighted by atomic mass is 19.4. The fourth-order valence-electron chi connectivity index (χ4n) is 3.85. The molecule has 5 nitrogen and oxygen atoms in total. The van der Waals surface area contributed by atoms with Gasteiger partial charge in [-0.25, -0.2) is 0 Å². The van der Waals surface area contributed by atoms with Gasteiger partial charge < -0.3 is 15.0 Å². The zero-order valence-corrected chi connectivity index (χ0v) is 17.6. The van der Waals surface area contributed by atoms with Crippen LogP contribution in [0.2, 0.25) is 0 Å². The SMILES string of the molecule is COc1cccc(C(=O)N2C[C@@H](C(=O)NC(C)C)[C@H](c3cccc(C(F)(F)F)c3)C2)c1. The topological polar surface area (TPSA) is 58.6 Å². The van der Waals surface area contributed by atoms with Crippen molar-refractivity contribution in [2.24, 2.45) is 5.92 Å². The van der Waals surface area contributed by atoms with Gasteiger partial charge in [-0.2, -0.15) is 13.2 Å². The molecule has 8 heteroatoms. The van der Waals surface area contributed by atoms with Crippen LogP contribution in [0.5, 0.6) is 5.75 Å². The number of benzene rings is 2. The van der Waals surface area contributed by atoms with Crippen molar-refractivity contribution in [1.29, 1.82) is 0 Å². The molecule has 0 unspecified atom stereocenters. The molecule has 2 aromatic rings. The molecule has 0 bridgehead atoms. The first-order valence-corrected chi connectivity index (χ1v) is 10.0. The van der Waals surface area contributed by atoms with Crippen LogP contribution in [-0.2, 0) is 11.0 Å². The Morgan fingerprint density at radius 3 is 2.45 bits per heavy atom. The van der Waals surface area contributed by atoms with Crippen LogP contribution in [0.1, 0.15) is 41.3 Å². The van der Waals surface area contributed by atoms with Crippen molar-refractivity contribution < 1.29 is 27.5 Å². The van der Waals surface area contributed by atoms with E-state index < -0.39 is 23.6 Å². The van der Waals surface area contributed by atoms with Crippen molar-refractivity contribution >= 4 is 11.8 Å². The highest BCUT2D eigenvalue weighted by Crippen LogP contribution is 2.37. The molecule has 1 aliphatic rings. The number of carbonyl (C=O) groups is 2. The molecule has 1 saturated heterocycles. The van der Waals surface area contributed by atoms with E-state index in [2.05, 4.69) is 5.32 Å². The highest BCUT2D eigenvalue weighted by Gasteiger charge is 2.41. The zero-order chi connectivity index (χ0) is 22.8. The van der Waals surface area contributed by atoms with Crippen LogP contribution in [0.25, 0.3) is 0 Å². The number of likely N-dealkylation sites (tertiary alicyclic amines) is 1. The molecule has 1 heterocycles. The third kappa shape index (κ3) is 5.18. The van der Waals surface area contributed by atoms with Gasteiger partial charge in [-0.15, -0.1) is 0 Å². The van der Waals surface area contributed by atoms with Crippen LogP contribution in [-0.4, -0.2) is 43.0 Å². The summed E-state index contributed by atoms with van der Waals surface area (Å²) in [6.07, 6.45) is -4.49. The number of methoxy groups -OCH3 is 1. The number of carbonyl (C=O) groups excluding carboxylic acids is 2. The molecule has 3 rings (SSSR count). The van der Waals surface area contributed by atoms with E-state index in [0.29, 0.717) is 16.9 Å². The van der Waals surface area contributed by atoms with Gasteiger partial charge in [0.05, 0.1) is 18.6 Å². The highest BCUT2D eigenvalue weighted by molar-refractivity contribution is 5.95. The summed E-state index contributed by atoms with van der Waals surface area (Å²) in [5.41, 5.74) is 0.0114. The normalized spacial score (nSPS) is 18.9. The van der Waals surface area contributed by atoms with Crippen LogP contribution in [0.4, 0.5) is 13.2 Å². The quantitative estimate of drug-likeness (QED) is 0.771. The molecule has 0 saturated carbocycles. The van der Waals surface area contributed by atoms with Gasteiger partial charge in [0, 0.05) is 30.6 Å². The molecule has 1 fully saturated rings. The van der Waals surface area contributed by atoms with Crippen LogP contribution in [0.3, 0.4) is 0 Å². The molecule has 0 radical (unpaired) electrons. The molecule has 0 aromatic heterocycles. The summed E-state index contributed by atoms with van der Waals surface area (Å²) in [6, 6.07) is 11.5. The van der Waals surface area contributed by atoms with Gasteiger partial charge in [-0.05, 0) is 43.7 Å². The number of alkyl halides is 3. The van der Waals surface area contributed by atoms with Crippen LogP contribution in [0, 0.1) is 5.92 Å². The lowest BCUT2D eigenvalue weighted by Crippen LogP contribution is -2.39. The lowest BCUT2D eigenvalue weighted by Gasteiger charge is -2.20. The average molecular weight is 434 g/mol. The Morgan fingerprint density at radius 1 is 1.10 bits per heavy atom. The standard InChI is InChI=1S/C23H25F3N2O3/c1-14(2)27-21(29)20-13-28(22(30)16-7-5-9-18(11-16)31-3)12-19(20)15-6-4-8-17(10-15)23(24,25)26/h4-11,14,19-20H,12-13H2,1-3H3,(H,27,29)/t19-,20+/m0/s1. The zero-order valence-electron chi connectivity index (χ0n) is 17.6.